The maximum absolute atomic E-state index is 4.14. The van der Waals surface area contributed by atoms with Crippen LogP contribution in [-0.2, 0) is 0 Å². The molecule has 0 spiro atoms. The Kier molecular flexibility index (Phi) is 3.45. The first-order chi connectivity index (χ1) is 7.76. The molecule has 0 saturated carbocycles. The van der Waals surface area contributed by atoms with Crippen LogP contribution in [0.2, 0.25) is 0 Å². The maximum atomic E-state index is 4.14. The highest BCUT2D eigenvalue weighted by molar-refractivity contribution is 5.51. The first-order valence-electron chi connectivity index (χ1n) is 6.16. The third-order valence-electron chi connectivity index (χ3n) is 3.64. The van der Waals surface area contributed by atoms with E-state index in [4.69, 9.17) is 0 Å². The Hall–Kier alpha value is -1.08. The zero-order valence-corrected chi connectivity index (χ0v) is 10.3. The lowest BCUT2D eigenvalue weighted by Crippen LogP contribution is -2.09. The molecule has 0 aromatic heterocycles. The number of nitrogens with one attached hydrogen (secondary N) is 1. The van der Waals surface area contributed by atoms with Gasteiger partial charge in [-0.05, 0) is 55.4 Å². The van der Waals surface area contributed by atoms with Crippen LogP contribution in [0, 0.1) is 11.8 Å². The minimum Gasteiger partial charge on any atom is -0.316 e. The van der Waals surface area contributed by atoms with Crippen molar-refractivity contribution in [2.45, 2.75) is 20.3 Å². The molecule has 2 unspecified atom stereocenters. The van der Waals surface area contributed by atoms with Crippen LogP contribution in [0.1, 0.15) is 20.3 Å². The Morgan fingerprint density at radius 3 is 2.88 bits per heavy atom. The topological polar surface area (TPSA) is 12.0 Å². The average molecular weight is 215 g/mol. The SMILES string of the molecule is C=C(/C=C\C)/C(=C\C)C1=CC2CNCC2C1. The van der Waals surface area contributed by atoms with E-state index >= 15 is 0 Å². The standard InChI is InChI=1S/C15H21N/c1-4-6-11(3)15(5-2)12-7-13-9-16-10-14(13)8-12/h4-7,13-14,16H,3,8-10H2,1-2H3/b6-4-,15-5+. The van der Waals surface area contributed by atoms with E-state index in [-0.39, 0.29) is 0 Å². The van der Waals surface area contributed by atoms with Gasteiger partial charge in [0.2, 0.25) is 0 Å². The molecule has 2 atom stereocenters. The second kappa shape index (κ2) is 4.84. The van der Waals surface area contributed by atoms with Crippen LogP contribution < -0.4 is 5.32 Å². The molecule has 1 fully saturated rings. The molecule has 1 aliphatic heterocycles. The molecule has 0 aromatic rings. The van der Waals surface area contributed by atoms with Crippen molar-refractivity contribution in [3.05, 3.63) is 47.6 Å². The zero-order valence-electron chi connectivity index (χ0n) is 10.3. The average Bonchev–Trinajstić information content (AvgIpc) is 2.79. The molecule has 0 bridgehead atoms. The van der Waals surface area contributed by atoms with E-state index in [1.165, 1.54) is 24.1 Å². The summed E-state index contributed by atoms with van der Waals surface area (Å²) in [5.41, 5.74) is 3.98. The van der Waals surface area contributed by atoms with Gasteiger partial charge in [0.05, 0.1) is 0 Å². The first kappa shape index (κ1) is 11.4. The summed E-state index contributed by atoms with van der Waals surface area (Å²) in [5.74, 6) is 1.58. The summed E-state index contributed by atoms with van der Waals surface area (Å²) in [6, 6.07) is 0. The van der Waals surface area contributed by atoms with Crippen molar-refractivity contribution in [1.82, 2.24) is 5.32 Å². The van der Waals surface area contributed by atoms with Gasteiger partial charge >= 0.3 is 0 Å². The minimum absolute atomic E-state index is 0.753. The Bertz CT molecular complexity index is 371. The van der Waals surface area contributed by atoms with Crippen LogP contribution in [0.3, 0.4) is 0 Å². The van der Waals surface area contributed by atoms with Gasteiger partial charge < -0.3 is 5.32 Å². The van der Waals surface area contributed by atoms with E-state index in [9.17, 15) is 0 Å². The molecule has 1 N–H and O–H groups in total. The van der Waals surface area contributed by atoms with Crippen molar-refractivity contribution in [2.24, 2.45) is 11.8 Å². The Balaban J connectivity index is 2.15. The first-order valence-corrected chi connectivity index (χ1v) is 6.16. The predicted octanol–water partition coefficient (Wildman–Crippen LogP) is 3.23. The van der Waals surface area contributed by atoms with E-state index in [1.807, 2.05) is 6.92 Å². The van der Waals surface area contributed by atoms with Crippen molar-refractivity contribution in [2.75, 3.05) is 13.1 Å². The second-order valence-corrected chi connectivity index (χ2v) is 4.71. The third kappa shape index (κ3) is 2.05. The number of allylic oxidation sites excluding steroid dienone is 6. The lowest BCUT2D eigenvalue weighted by Gasteiger charge is -2.10. The molecule has 1 heterocycles. The number of hydrogen-bond acceptors (Lipinski definition) is 1. The molecule has 1 nitrogen and oxygen atoms in total. The maximum Gasteiger partial charge on any atom is 0.00178 e. The molecule has 86 valence electrons. The summed E-state index contributed by atoms with van der Waals surface area (Å²) in [6.07, 6.45) is 10.0. The van der Waals surface area contributed by atoms with Gasteiger partial charge in [-0.1, -0.05) is 30.9 Å². The van der Waals surface area contributed by atoms with Crippen molar-refractivity contribution >= 4 is 0 Å². The summed E-state index contributed by atoms with van der Waals surface area (Å²) in [7, 11) is 0. The monoisotopic (exact) mass is 215 g/mol. The van der Waals surface area contributed by atoms with Gasteiger partial charge in [0.1, 0.15) is 0 Å². The summed E-state index contributed by atoms with van der Waals surface area (Å²) in [5, 5.41) is 3.46. The van der Waals surface area contributed by atoms with Gasteiger partial charge in [0.25, 0.3) is 0 Å². The van der Waals surface area contributed by atoms with Crippen LogP contribution in [0.5, 0.6) is 0 Å². The molecule has 2 rings (SSSR count). The van der Waals surface area contributed by atoms with E-state index in [0.29, 0.717) is 0 Å². The minimum atomic E-state index is 0.753. The van der Waals surface area contributed by atoms with E-state index in [2.05, 4.69) is 43.1 Å². The summed E-state index contributed by atoms with van der Waals surface area (Å²) < 4.78 is 0. The van der Waals surface area contributed by atoms with Gasteiger partial charge in [-0.25, -0.2) is 0 Å². The number of fused-ring (bicyclic) bond motifs is 1. The lowest BCUT2D eigenvalue weighted by atomic mass is 9.95. The molecule has 0 amide bonds. The quantitative estimate of drug-likeness (QED) is 0.713. The van der Waals surface area contributed by atoms with E-state index in [1.54, 1.807) is 0 Å². The number of hydrogen-bond donors (Lipinski definition) is 1. The van der Waals surface area contributed by atoms with Gasteiger partial charge in [0.15, 0.2) is 0 Å². The predicted molar refractivity (Wildman–Crippen MR) is 70.3 cm³/mol. The van der Waals surface area contributed by atoms with Crippen LogP contribution in [0.15, 0.2) is 47.6 Å². The largest absolute Gasteiger partial charge is 0.316 e. The van der Waals surface area contributed by atoms with Crippen LogP contribution in [-0.4, -0.2) is 13.1 Å². The highest BCUT2D eigenvalue weighted by atomic mass is 14.9. The zero-order chi connectivity index (χ0) is 11.5. The molecule has 1 saturated heterocycles. The summed E-state index contributed by atoms with van der Waals surface area (Å²) in [6.45, 7) is 10.6. The van der Waals surface area contributed by atoms with Crippen molar-refractivity contribution in [3.63, 3.8) is 0 Å². The van der Waals surface area contributed by atoms with Crippen molar-refractivity contribution in [1.29, 1.82) is 0 Å². The summed E-state index contributed by atoms with van der Waals surface area (Å²) in [4.78, 5) is 0. The van der Waals surface area contributed by atoms with E-state index in [0.717, 1.165) is 24.0 Å². The van der Waals surface area contributed by atoms with Gasteiger partial charge in [-0.2, -0.15) is 0 Å². The second-order valence-electron chi connectivity index (χ2n) is 4.71. The Labute approximate surface area is 98.6 Å². The normalized spacial score (nSPS) is 29.6. The van der Waals surface area contributed by atoms with Gasteiger partial charge in [-0.15, -0.1) is 0 Å². The Morgan fingerprint density at radius 2 is 2.25 bits per heavy atom. The lowest BCUT2D eigenvalue weighted by molar-refractivity contribution is 0.530. The molecular formula is C15H21N. The smallest absolute Gasteiger partial charge is 0.00178 e. The highest BCUT2D eigenvalue weighted by Crippen LogP contribution is 2.38. The van der Waals surface area contributed by atoms with Gasteiger partial charge in [-0.3, -0.25) is 0 Å². The molecule has 0 radical (unpaired) electrons. The Morgan fingerprint density at radius 1 is 1.44 bits per heavy atom. The van der Waals surface area contributed by atoms with Crippen LogP contribution in [0.25, 0.3) is 0 Å². The number of rotatable bonds is 3. The molecule has 16 heavy (non-hydrogen) atoms. The van der Waals surface area contributed by atoms with Crippen molar-refractivity contribution < 1.29 is 0 Å². The van der Waals surface area contributed by atoms with Crippen LogP contribution >= 0.6 is 0 Å². The third-order valence-corrected chi connectivity index (χ3v) is 3.64. The fraction of sp³-hybridized carbons (Fsp3) is 0.467. The van der Waals surface area contributed by atoms with Crippen LogP contribution in [0.4, 0.5) is 0 Å². The molecule has 2 aliphatic rings. The molecule has 1 aliphatic carbocycles. The molecule has 1 heteroatoms. The highest BCUT2D eigenvalue weighted by Gasteiger charge is 2.32. The molecule has 0 aromatic carbocycles. The van der Waals surface area contributed by atoms with Gasteiger partial charge in [0, 0.05) is 6.54 Å². The fourth-order valence-corrected chi connectivity index (χ4v) is 2.85. The van der Waals surface area contributed by atoms with E-state index < -0.39 is 0 Å². The van der Waals surface area contributed by atoms with Crippen molar-refractivity contribution in [3.8, 4) is 0 Å². The fourth-order valence-electron chi connectivity index (χ4n) is 2.85. The summed E-state index contributed by atoms with van der Waals surface area (Å²) >= 11 is 0. The molecular weight excluding hydrogens is 194 g/mol.